The van der Waals surface area contributed by atoms with Crippen LogP contribution in [-0.2, 0) is 4.74 Å². The van der Waals surface area contributed by atoms with Crippen molar-refractivity contribution in [3.63, 3.8) is 0 Å². The van der Waals surface area contributed by atoms with Gasteiger partial charge in [-0.15, -0.1) is 0 Å². The molecule has 0 fully saturated rings. The lowest BCUT2D eigenvalue weighted by Gasteiger charge is -2.22. The van der Waals surface area contributed by atoms with Crippen LogP contribution in [-0.4, -0.2) is 33.4 Å². The third-order valence-electron chi connectivity index (χ3n) is 2.95. The van der Waals surface area contributed by atoms with Gasteiger partial charge in [0.25, 0.3) is 0 Å². The van der Waals surface area contributed by atoms with Crippen LogP contribution in [0.5, 0.6) is 0 Å². The Morgan fingerprint density at radius 1 is 1.39 bits per heavy atom. The number of imidazole rings is 1. The molecule has 0 spiro atoms. The van der Waals surface area contributed by atoms with Crippen LogP contribution in [0.4, 0.5) is 9.18 Å². The number of alkyl carbamates (subject to hydrolysis) is 1. The molecule has 1 unspecified atom stereocenters. The molecule has 1 aromatic carbocycles. The van der Waals surface area contributed by atoms with E-state index in [9.17, 15) is 14.3 Å². The molecule has 2 aromatic rings. The van der Waals surface area contributed by atoms with Gasteiger partial charge in [0.15, 0.2) is 0 Å². The minimum Gasteiger partial charge on any atom is -0.444 e. The molecule has 23 heavy (non-hydrogen) atoms. The number of aromatic amines is 1. The molecule has 0 aliphatic rings. The first-order chi connectivity index (χ1) is 10.8. The largest absolute Gasteiger partial charge is 0.444 e. The number of nitrogens with zero attached hydrogens (tertiary/aromatic N) is 1. The molecule has 124 valence electrons. The SMILES string of the molecule is CC(C)(C)OC(=O)NC(CO)c1ncc(-c2ccc(F)cc2)[nH]1. The Morgan fingerprint density at radius 3 is 2.61 bits per heavy atom. The summed E-state index contributed by atoms with van der Waals surface area (Å²) in [6.45, 7) is 4.91. The fourth-order valence-electron chi connectivity index (χ4n) is 1.94. The molecule has 1 heterocycles. The van der Waals surface area contributed by atoms with Crippen molar-refractivity contribution in [3.8, 4) is 11.3 Å². The molecule has 0 saturated heterocycles. The Balaban J connectivity index is 2.10. The summed E-state index contributed by atoms with van der Waals surface area (Å²) >= 11 is 0. The van der Waals surface area contributed by atoms with E-state index in [1.165, 1.54) is 12.1 Å². The number of hydrogen-bond acceptors (Lipinski definition) is 4. The predicted octanol–water partition coefficient (Wildman–Crippen LogP) is 2.77. The molecule has 0 aliphatic carbocycles. The maximum Gasteiger partial charge on any atom is 0.408 e. The van der Waals surface area contributed by atoms with Gasteiger partial charge in [-0.05, 0) is 50.6 Å². The number of aliphatic hydroxyl groups excluding tert-OH is 1. The second kappa shape index (κ2) is 6.78. The first-order valence-corrected chi connectivity index (χ1v) is 7.20. The van der Waals surface area contributed by atoms with E-state index in [1.807, 2.05) is 0 Å². The van der Waals surface area contributed by atoms with Gasteiger partial charge in [-0.1, -0.05) is 0 Å². The topological polar surface area (TPSA) is 87.2 Å². The Bertz CT molecular complexity index is 662. The lowest BCUT2D eigenvalue weighted by atomic mass is 10.2. The molecule has 1 atom stereocenters. The van der Waals surface area contributed by atoms with Crippen molar-refractivity contribution in [1.29, 1.82) is 0 Å². The minimum atomic E-state index is -0.723. The second-order valence-corrected chi connectivity index (χ2v) is 6.07. The van der Waals surface area contributed by atoms with Gasteiger partial charge in [0.1, 0.15) is 23.3 Å². The average molecular weight is 321 g/mol. The van der Waals surface area contributed by atoms with Crippen molar-refractivity contribution in [3.05, 3.63) is 42.1 Å². The van der Waals surface area contributed by atoms with Gasteiger partial charge in [-0.25, -0.2) is 14.2 Å². The summed E-state index contributed by atoms with van der Waals surface area (Å²) in [6, 6.07) is 5.19. The van der Waals surface area contributed by atoms with E-state index in [2.05, 4.69) is 15.3 Å². The summed E-state index contributed by atoms with van der Waals surface area (Å²) in [6.07, 6.45) is 0.915. The van der Waals surface area contributed by atoms with E-state index in [-0.39, 0.29) is 12.4 Å². The molecule has 0 bridgehead atoms. The van der Waals surface area contributed by atoms with Crippen molar-refractivity contribution in [2.45, 2.75) is 32.4 Å². The van der Waals surface area contributed by atoms with Crippen molar-refractivity contribution in [2.75, 3.05) is 6.61 Å². The van der Waals surface area contributed by atoms with Crippen LogP contribution < -0.4 is 5.32 Å². The summed E-state index contributed by atoms with van der Waals surface area (Å²) in [4.78, 5) is 18.9. The molecule has 0 aliphatic heterocycles. The van der Waals surface area contributed by atoms with Gasteiger partial charge >= 0.3 is 6.09 Å². The molecule has 1 aromatic heterocycles. The van der Waals surface area contributed by atoms with Crippen molar-refractivity contribution in [1.82, 2.24) is 15.3 Å². The highest BCUT2D eigenvalue weighted by Gasteiger charge is 2.22. The van der Waals surface area contributed by atoms with Gasteiger partial charge < -0.3 is 20.1 Å². The number of amides is 1. The normalized spacial score (nSPS) is 12.7. The third-order valence-corrected chi connectivity index (χ3v) is 2.95. The van der Waals surface area contributed by atoms with Crippen molar-refractivity contribution < 1.29 is 19.0 Å². The number of carbonyl (C=O) groups is 1. The molecule has 0 saturated carbocycles. The smallest absolute Gasteiger partial charge is 0.408 e. The summed E-state index contributed by atoms with van der Waals surface area (Å²) in [5.74, 6) is 0.0611. The van der Waals surface area contributed by atoms with Crippen molar-refractivity contribution >= 4 is 6.09 Å². The van der Waals surface area contributed by atoms with E-state index < -0.39 is 17.7 Å². The number of carbonyl (C=O) groups excluding carboxylic acids is 1. The Labute approximate surface area is 133 Å². The number of benzene rings is 1. The minimum absolute atomic E-state index is 0.326. The molecule has 2 rings (SSSR count). The van der Waals surface area contributed by atoms with Crippen LogP contribution in [0.1, 0.15) is 32.6 Å². The molecule has 3 N–H and O–H groups in total. The standard InChI is InChI=1S/C16H20FN3O3/c1-16(2,3)23-15(22)20-13(9-21)14-18-8-12(19-14)10-4-6-11(17)7-5-10/h4-8,13,21H,9H2,1-3H3,(H,18,19)(H,20,22). The maximum atomic E-state index is 12.9. The summed E-state index contributed by atoms with van der Waals surface area (Å²) in [5.41, 5.74) is 0.774. The summed E-state index contributed by atoms with van der Waals surface area (Å²) in [5, 5.41) is 12.0. The first-order valence-electron chi connectivity index (χ1n) is 7.20. The number of halogens is 1. The van der Waals surface area contributed by atoms with Crippen LogP contribution in [0, 0.1) is 5.82 Å². The van der Waals surface area contributed by atoms with E-state index in [4.69, 9.17) is 4.74 Å². The number of H-pyrrole nitrogens is 1. The number of aliphatic hydroxyl groups is 1. The predicted molar refractivity (Wildman–Crippen MR) is 83.2 cm³/mol. The zero-order chi connectivity index (χ0) is 17.0. The van der Waals surface area contributed by atoms with Crippen LogP contribution in [0.2, 0.25) is 0 Å². The Morgan fingerprint density at radius 2 is 2.04 bits per heavy atom. The Kier molecular flexibility index (Phi) is 5.00. The zero-order valence-corrected chi connectivity index (χ0v) is 13.3. The van der Waals surface area contributed by atoms with Crippen LogP contribution in [0.25, 0.3) is 11.3 Å². The number of aromatic nitrogens is 2. The summed E-state index contributed by atoms with van der Waals surface area (Å²) < 4.78 is 18.1. The maximum absolute atomic E-state index is 12.9. The van der Waals surface area contributed by atoms with Gasteiger partial charge in [0.2, 0.25) is 0 Å². The molecule has 7 heteroatoms. The van der Waals surface area contributed by atoms with Gasteiger partial charge in [0.05, 0.1) is 18.5 Å². The monoisotopic (exact) mass is 321 g/mol. The lowest BCUT2D eigenvalue weighted by Crippen LogP contribution is -2.36. The first kappa shape index (κ1) is 17.0. The fourth-order valence-corrected chi connectivity index (χ4v) is 1.94. The highest BCUT2D eigenvalue weighted by atomic mass is 19.1. The third kappa shape index (κ3) is 4.79. The highest BCUT2D eigenvalue weighted by molar-refractivity contribution is 5.68. The van der Waals surface area contributed by atoms with E-state index in [1.54, 1.807) is 39.1 Å². The average Bonchev–Trinajstić information content (AvgIpc) is 2.93. The van der Waals surface area contributed by atoms with E-state index in [0.717, 1.165) is 5.56 Å². The quantitative estimate of drug-likeness (QED) is 0.808. The molecular formula is C16H20FN3O3. The van der Waals surface area contributed by atoms with Gasteiger partial charge in [0, 0.05) is 0 Å². The number of ether oxygens (including phenoxy) is 1. The highest BCUT2D eigenvalue weighted by Crippen LogP contribution is 2.20. The molecule has 0 radical (unpaired) electrons. The van der Waals surface area contributed by atoms with E-state index in [0.29, 0.717) is 11.5 Å². The molecule has 1 amide bonds. The Hall–Kier alpha value is -2.41. The molecular weight excluding hydrogens is 301 g/mol. The van der Waals surface area contributed by atoms with Gasteiger partial charge in [-0.2, -0.15) is 0 Å². The molecule has 6 nitrogen and oxygen atoms in total. The lowest BCUT2D eigenvalue weighted by molar-refractivity contribution is 0.0478. The van der Waals surface area contributed by atoms with Gasteiger partial charge in [-0.3, -0.25) is 0 Å². The zero-order valence-electron chi connectivity index (χ0n) is 13.3. The van der Waals surface area contributed by atoms with Crippen LogP contribution in [0.15, 0.2) is 30.5 Å². The number of hydrogen-bond donors (Lipinski definition) is 3. The fraction of sp³-hybridized carbons (Fsp3) is 0.375. The number of rotatable bonds is 4. The van der Waals surface area contributed by atoms with Crippen molar-refractivity contribution in [2.24, 2.45) is 0 Å². The number of nitrogens with one attached hydrogen (secondary N) is 2. The van der Waals surface area contributed by atoms with Crippen LogP contribution in [0.3, 0.4) is 0 Å². The second-order valence-electron chi connectivity index (χ2n) is 6.07. The van der Waals surface area contributed by atoms with E-state index >= 15 is 0 Å². The van der Waals surface area contributed by atoms with Crippen LogP contribution >= 0.6 is 0 Å². The summed E-state index contributed by atoms with van der Waals surface area (Å²) in [7, 11) is 0.